The average Bonchev–Trinajstić information content (AvgIpc) is 2.26. The van der Waals surface area contributed by atoms with Crippen molar-refractivity contribution >= 4 is 11.6 Å². The molecule has 0 aliphatic carbocycles. The van der Waals surface area contributed by atoms with Gasteiger partial charge in [0.25, 0.3) is 0 Å². The molecule has 2 aromatic carbocycles. The minimum atomic E-state index is 0.321. The van der Waals surface area contributed by atoms with Gasteiger partial charge >= 0.3 is 0 Å². The zero-order valence-corrected chi connectivity index (χ0v) is 9.83. The number of rotatable bonds is 2. The van der Waals surface area contributed by atoms with Crippen LogP contribution in [0.3, 0.4) is 0 Å². The lowest BCUT2D eigenvalue weighted by Crippen LogP contribution is -1.93. The lowest BCUT2D eigenvalue weighted by atomic mass is 10.00. The highest BCUT2D eigenvalue weighted by molar-refractivity contribution is 6.31. The van der Waals surface area contributed by atoms with Crippen molar-refractivity contribution in [3.05, 3.63) is 64.2 Å². The summed E-state index contributed by atoms with van der Waals surface area (Å²) in [5.74, 6) is 0.321. The van der Waals surface area contributed by atoms with Crippen LogP contribution >= 0.6 is 11.6 Å². The fourth-order valence-corrected chi connectivity index (χ4v) is 2.03. The van der Waals surface area contributed by atoms with Crippen molar-refractivity contribution in [2.45, 2.75) is 13.3 Å². The second-order valence-electron chi connectivity index (χ2n) is 3.84. The number of phenols is 1. The van der Waals surface area contributed by atoms with Crippen molar-refractivity contribution in [2.24, 2.45) is 0 Å². The van der Waals surface area contributed by atoms with E-state index in [1.54, 1.807) is 6.07 Å². The third kappa shape index (κ3) is 2.20. The van der Waals surface area contributed by atoms with E-state index in [-0.39, 0.29) is 0 Å². The van der Waals surface area contributed by atoms with E-state index in [1.165, 1.54) is 0 Å². The van der Waals surface area contributed by atoms with E-state index in [1.807, 2.05) is 43.3 Å². The number of para-hydroxylation sites is 1. The van der Waals surface area contributed by atoms with Crippen LogP contribution in [0.2, 0.25) is 5.02 Å². The number of benzene rings is 2. The third-order valence-electron chi connectivity index (χ3n) is 2.71. The summed E-state index contributed by atoms with van der Waals surface area (Å²) in [4.78, 5) is 0. The molecule has 2 aromatic rings. The van der Waals surface area contributed by atoms with Crippen molar-refractivity contribution in [1.82, 2.24) is 0 Å². The third-order valence-corrected chi connectivity index (χ3v) is 3.07. The van der Waals surface area contributed by atoms with E-state index >= 15 is 0 Å². The summed E-state index contributed by atoms with van der Waals surface area (Å²) in [6, 6.07) is 13.2. The standard InChI is InChI=1S/C14H13ClO/c1-10-5-4-7-13(15)12(10)9-11-6-2-3-8-14(11)16/h2-8,16H,9H2,1H3. The number of aryl methyl sites for hydroxylation is 1. The second kappa shape index (κ2) is 4.58. The molecule has 0 fully saturated rings. The van der Waals surface area contributed by atoms with Crippen LogP contribution in [0.25, 0.3) is 0 Å². The van der Waals surface area contributed by atoms with Crippen LogP contribution in [-0.4, -0.2) is 5.11 Å². The van der Waals surface area contributed by atoms with Crippen LogP contribution in [0.1, 0.15) is 16.7 Å². The first-order valence-electron chi connectivity index (χ1n) is 5.19. The summed E-state index contributed by atoms with van der Waals surface area (Å²) in [7, 11) is 0. The first kappa shape index (κ1) is 11.0. The molecule has 0 heterocycles. The molecule has 82 valence electrons. The van der Waals surface area contributed by atoms with Gasteiger partial charge in [-0.3, -0.25) is 0 Å². The van der Waals surface area contributed by atoms with Gasteiger partial charge in [0, 0.05) is 11.4 Å². The van der Waals surface area contributed by atoms with Crippen LogP contribution in [0.4, 0.5) is 0 Å². The topological polar surface area (TPSA) is 20.2 Å². The molecule has 0 spiro atoms. The zero-order valence-electron chi connectivity index (χ0n) is 9.07. The van der Waals surface area contributed by atoms with Gasteiger partial charge in [0.15, 0.2) is 0 Å². The normalized spacial score (nSPS) is 10.4. The van der Waals surface area contributed by atoms with E-state index < -0.39 is 0 Å². The van der Waals surface area contributed by atoms with Gasteiger partial charge in [0.2, 0.25) is 0 Å². The quantitative estimate of drug-likeness (QED) is 0.832. The zero-order chi connectivity index (χ0) is 11.5. The highest BCUT2D eigenvalue weighted by Crippen LogP contribution is 2.26. The first-order chi connectivity index (χ1) is 7.68. The fourth-order valence-electron chi connectivity index (χ4n) is 1.74. The van der Waals surface area contributed by atoms with E-state index in [0.29, 0.717) is 12.2 Å². The predicted molar refractivity (Wildman–Crippen MR) is 67.1 cm³/mol. The van der Waals surface area contributed by atoms with E-state index in [9.17, 15) is 5.11 Å². The van der Waals surface area contributed by atoms with E-state index in [0.717, 1.165) is 21.7 Å². The molecule has 0 radical (unpaired) electrons. The van der Waals surface area contributed by atoms with Crippen molar-refractivity contribution < 1.29 is 5.11 Å². The SMILES string of the molecule is Cc1cccc(Cl)c1Cc1ccccc1O. The fraction of sp³-hybridized carbons (Fsp3) is 0.143. The number of halogens is 1. The van der Waals surface area contributed by atoms with Crippen LogP contribution in [0.5, 0.6) is 5.75 Å². The molecule has 2 heteroatoms. The number of hydrogen-bond acceptors (Lipinski definition) is 1. The summed E-state index contributed by atoms with van der Waals surface area (Å²) in [6.45, 7) is 2.03. The first-order valence-corrected chi connectivity index (χ1v) is 5.57. The molecule has 0 amide bonds. The largest absolute Gasteiger partial charge is 0.508 e. The Balaban J connectivity index is 2.38. The van der Waals surface area contributed by atoms with Gasteiger partial charge in [-0.1, -0.05) is 41.9 Å². The Hall–Kier alpha value is -1.47. The smallest absolute Gasteiger partial charge is 0.119 e. The van der Waals surface area contributed by atoms with Gasteiger partial charge in [-0.2, -0.15) is 0 Å². The second-order valence-corrected chi connectivity index (χ2v) is 4.25. The maximum atomic E-state index is 9.71. The van der Waals surface area contributed by atoms with Crippen molar-refractivity contribution in [2.75, 3.05) is 0 Å². The van der Waals surface area contributed by atoms with Gasteiger partial charge in [-0.25, -0.2) is 0 Å². The molecule has 0 atom stereocenters. The van der Waals surface area contributed by atoms with Gasteiger partial charge in [-0.15, -0.1) is 0 Å². The van der Waals surface area contributed by atoms with E-state index in [2.05, 4.69) is 0 Å². The molecule has 0 aliphatic heterocycles. The van der Waals surface area contributed by atoms with E-state index in [4.69, 9.17) is 11.6 Å². The molecule has 1 N–H and O–H groups in total. The predicted octanol–water partition coefficient (Wildman–Crippen LogP) is 3.94. The average molecular weight is 233 g/mol. The molecule has 16 heavy (non-hydrogen) atoms. The summed E-state index contributed by atoms with van der Waals surface area (Å²) >= 11 is 6.15. The minimum Gasteiger partial charge on any atom is -0.508 e. The molecule has 0 bridgehead atoms. The lowest BCUT2D eigenvalue weighted by molar-refractivity contribution is 0.469. The molecule has 0 saturated carbocycles. The Morgan fingerprint density at radius 2 is 1.81 bits per heavy atom. The molecule has 1 nitrogen and oxygen atoms in total. The minimum absolute atomic E-state index is 0.321. The highest BCUT2D eigenvalue weighted by atomic mass is 35.5. The van der Waals surface area contributed by atoms with Crippen LogP contribution in [0, 0.1) is 6.92 Å². The number of aromatic hydroxyl groups is 1. The van der Waals surface area contributed by atoms with Crippen LogP contribution in [0.15, 0.2) is 42.5 Å². The summed E-state index contributed by atoms with van der Waals surface area (Å²) in [6.07, 6.45) is 0.665. The Morgan fingerprint density at radius 1 is 1.06 bits per heavy atom. The molecule has 0 aliphatic rings. The Bertz CT molecular complexity index is 486. The summed E-state index contributed by atoms with van der Waals surface area (Å²) in [5, 5.41) is 10.5. The lowest BCUT2D eigenvalue weighted by Gasteiger charge is -2.09. The van der Waals surface area contributed by atoms with Crippen LogP contribution in [-0.2, 0) is 6.42 Å². The van der Waals surface area contributed by atoms with Gasteiger partial charge < -0.3 is 5.11 Å². The molecule has 2 rings (SSSR count). The molecule has 0 unspecified atom stereocenters. The van der Waals surface area contributed by atoms with Crippen LogP contribution < -0.4 is 0 Å². The Labute approximate surface area is 100 Å². The Kier molecular flexibility index (Phi) is 3.16. The Morgan fingerprint density at radius 3 is 2.50 bits per heavy atom. The van der Waals surface area contributed by atoms with Crippen molar-refractivity contribution in [3.8, 4) is 5.75 Å². The molecular formula is C14H13ClO. The number of hydrogen-bond donors (Lipinski definition) is 1. The molecule has 0 aromatic heterocycles. The van der Waals surface area contributed by atoms with Gasteiger partial charge in [0.05, 0.1) is 0 Å². The number of phenolic OH excluding ortho intramolecular Hbond substituents is 1. The van der Waals surface area contributed by atoms with Crippen molar-refractivity contribution in [1.29, 1.82) is 0 Å². The molecule has 0 saturated heterocycles. The molecular weight excluding hydrogens is 220 g/mol. The highest BCUT2D eigenvalue weighted by Gasteiger charge is 2.07. The summed E-state index contributed by atoms with van der Waals surface area (Å²) in [5.41, 5.74) is 3.13. The maximum Gasteiger partial charge on any atom is 0.119 e. The summed E-state index contributed by atoms with van der Waals surface area (Å²) < 4.78 is 0. The van der Waals surface area contributed by atoms with Gasteiger partial charge in [-0.05, 0) is 35.7 Å². The maximum absolute atomic E-state index is 9.71. The van der Waals surface area contributed by atoms with Crippen molar-refractivity contribution in [3.63, 3.8) is 0 Å². The monoisotopic (exact) mass is 232 g/mol. The van der Waals surface area contributed by atoms with Gasteiger partial charge in [0.1, 0.15) is 5.75 Å².